The molecular weight excluding hydrogens is 333 g/mol. The van der Waals surface area contributed by atoms with Gasteiger partial charge in [-0.2, -0.15) is 0 Å². The SMILES string of the molecule is Cc1cc(C(=O)CCl)c(C)n1-c1cc(Br)ccc1F. The lowest BCUT2D eigenvalue weighted by atomic mass is 10.2. The van der Waals surface area contributed by atoms with Crippen LogP contribution in [0.15, 0.2) is 28.7 Å². The van der Waals surface area contributed by atoms with Gasteiger partial charge >= 0.3 is 0 Å². The molecule has 0 radical (unpaired) electrons. The molecule has 2 rings (SSSR count). The highest BCUT2D eigenvalue weighted by Gasteiger charge is 2.17. The molecular formula is C14H12BrClFNO. The summed E-state index contributed by atoms with van der Waals surface area (Å²) in [7, 11) is 0. The molecule has 0 fully saturated rings. The van der Waals surface area contributed by atoms with E-state index in [1.54, 1.807) is 29.7 Å². The predicted molar refractivity (Wildman–Crippen MR) is 78.0 cm³/mol. The summed E-state index contributed by atoms with van der Waals surface area (Å²) in [6.07, 6.45) is 0. The molecule has 0 aliphatic carbocycles. The Balaban J connectivity index is 2.66. The van der Waals surface area contributed by atoms with Gasteiger partial charge in [0.2, 0.25) is 0 Å². The van der Waals surface area contributed by atoms with E-state index in [-0.39, 0.29) is 17.5 Å². The largest absolute Gasteiger partial charge is 0.315 e. The van der Waals surface area contributed by atoms with Crippen molar-refractivity contribution < 1.29 is 9.18 Å². The average Bonchev–Trinajstić information content (AvgIpc) is 2.67. The number of Topliss-reactive ketones (excluding diaryl/α,β-unsaturated/α-hetero) is 1. The summed E-state index contributed by atoms with van der Waals surface area (Å²) in [6.45, 7) is 3.62. The summed E-state index contributed by atoms with van der Waals surface area (Å²) in [4.78, 5) is 11.7. The minimum absolute atomic E-state index is 0.0781. The molecule has 0 N–H and O–H groups in total. The quantitative estimate of drug-likeness (QED) is 0.597. The Morgan fingerprint density at radius 3 is 2.68 bits per heavy atom. The number of carbonyl (C=O) groups excluding carboxylic acids is 1. The third-order valence-electron chi connectivity index (χ3n) is 3.00. The number of rotatable bonds is 3. The van der Waals surface area contributed by atoms with Gasteiger partial charge in [0.1, 0.15) is 5.82 Å². The van der Waals surface area contributed by atoms with Crippen LogP contribution in [0.25, 0.3) is 5.69 Å². The number of nitrogens with zero attached hydrogens (tertiary/aromatic N) is 1. The molecule has 0 aliphatic heterocycles. The topological polar surface area (TPSA) is 22.0 Å². The van der Waals surface area contributed by atoms with Gasteiger partial charge in [0.05, 0.1) is 11.6 Å². The Morgan fingerprint density at radius 2 is 2.05 bits per heavy atom. The lowest BCUT2D eigenvalue weighted by molar-refractivity contribution is 0.102. The van der Waals surface area contributed by atoms with Gasteiger partial charge in [0, 0.05) is 21.4 Å². The molecule has 0 unspecified atom stereocenters. The molecule has 19 heavy (non-hydrogen) atoms. The Bertz CT molecular complexity index is 651. The number of hydrogen-bond donors (Lipinski definition) is 0. The highest BCUT2D eigenvalue weighted by molar-refractivity contribution is 9.10. The fourth-order valence-electron chi connectivity index (χ4n) is 2.14. The second kappa shape index (κ2) is 5.47. The van der Waals surface area contributed by atoms with Gasteiger partial charge in [-0.1, -0.05) is 15.9 Å². The third-order valence-corrected chi connectivity index (χ3v) is 3.74. The van der Waals surface area contributed by atoms with Crippen LogP contribution in [0.5, 0.6) is 0 Å². The minimum Gasteiger partial charge on any atom is -0.315 e. The van der Waals surface area contributed by atoms with Crippen LogP contribution in [0.4, 0.5) is 4.39 Å². The van der Waals surface area contributed by atoms with E-state index in [4.69, 9.17) is 11.6 Å². The maximum absolute atomic E-state index is 14.0. The van der Waals surface area contributed by atoms with E-state index < -0.39 is 0 Å². The van der Waals surface area contributed by atoms with Crippen molar-refractivity contribution in [3.8, 4) is 5.69 Å². The lowest BCUT2D eigenvalue weighted by Gasteiger charge is -2.11. The van der Waals surface area contributed by atoms with E-state index in [0.29, 0.717) is 16.9 Å². The second-order valence-corrected chi connectivity index (χ2v) is 5.46. The van der Waals surface area contributed by atoms with Gasteiger partial charge in [0.25, 0.3) is 0 Å². The standard InChI is InChI=1S/C14H12BrClFNO/c1-8-5-11(14(19)7-16)9(2)18(8)13-6-10(15)3-4-12(13)17/h3-6H,7H2,1-2H3. The molecule has 0 saturated carbocycles. The molecule has 0 saturated heterocycles. The van der Waals surface area contributed by atoms with E-state index >= 15 is 0 Å². The summed E-state index contributed by atoms with van der Waals surface area (Å²) in [5.41, 5.74) is 2.44. The van der Waals surface area contributed by atoms with Crippen molar-refractivity contribution in [2.45, 2.75) is 13.8 Å². The van der Waals surface area contributed by atoms with E-state index in [9.17, 15) is 9.18 Å². The molecule has 1 aromatic heterocycles. The van der Waals surface area contributed by atoms with Gasteiger partial charge in [-0.15, -0.1) is 11.6 Å². The Labute approximate surface area is 124 Å². The van der Waals surface area contributed by atoms with Crippen LogP contribution in [0.1, 0.15) is 21.7 Å². The van der Waals surface area contributed by atoms with E-state index in [1.165, 1.54) is 6.07 Å². The zero-order valence-corrected chi connectivity index (χ0v) is 12.8. The Hall–Kier alpha value is -1.13. The molecule has 0 spiro atoms. The molecule has 5 heteroatoms. The van der Waals surface area contributed by atoms with Gasteiger partial charge in [-0.25, -0.2) is 4.39 Å². The highest BCUT2D eigenvalue weighted by Crippen LogP contribution is 2.25. The third kappa shape index (κ3) is 2.60. The zero-order valence-electron chi connectivity index (χ0n) is 10.5. The average molecular weight is 345 g/mol. The van der Waals surface area contributed by atoms with E-state index in [2.05, 4.69) is 15.9 Å². The molecule has 0 amide bonds. The molecule has 2 nitrogen and oxygen atoms in total. The molecule has 0 atom stereocenters. The molecule has 0 bridgehead atoms. The minimum atomic E-state index is -0.338. The maximum Gasteiger partial charge on any atom is 0.179 e. The molecule has 1 heterocycles. The van der Waals surface area contributed by atoms with Gasteiger partial charge in [-0.05, 0) is 38.1 Å². The van der Waals surface area contributed by atoms with Crippen LogP contribution in [0.3, 0.4) is 0 Å². The number of hydrogen-bond acceptors (Lipinski definition) is 1. The number of benzene rings is 1. The normalized spacial score (nSPS) is 10.8. The first-order valence-corrected chi connectivity index (χ1v) is 7.02. The molecule has 2 aromatic rings. The number of aryl methyl sites for hydroxylation is 1. The summed E-state index contributed by atoms with van der Waals surface area (Å²) in [5.74, 6) is -0.572. The van der Waals surface area contributed by atoms with Crippen molar-refractivity contribution in [1.29, 1.82) is 0 Å². The first-order chi connectivity index (χ1) is 8.95. The van der Waals surface area contributed by atoms with E-state index in [0.717, 1.165) is 10.2 Å². The molecule has 0 aliphatic rings. The van der Waals surface area contributed by atoms with Crippen LogP contribution in [-0.4, -0.2) is 16.2 Å². The predicted octanol–water partition coefficient (Wildman–Crippen LogP) is 4.42. The van der Waals surface area contributed by atoms with Crippen molar-refractivity contribution in [3.63, 3.8) is 0 Å². The second-order valence-electron chi connectivity index (χ2n) is 4.27. The fraction of sp³-hybridized carbons (Fsp3) is 0.214. The number of halogens is 3. The smallest absolute Gasteiger partial charge is 0.179 e. The van der Waals surface area contributed by atoms with Crippen molar-refractivity contribution in [3.05, 3.63) is 51.5 Å². The summed E-state index contributed by atoms with van der Waals surface area (Å²) >= 11 is 8.91. The highest BCUT2D eigenvalue weighted by atomic mass is 79.9. The lowest BCUT2D eigenvalue weighted by Crippen LogP contribution is -2.05. The first-order valence-electron chi connectivity index (χ1n) is 5.69. The van der Waals surface area contributed by atoms with Crippen LogP contribution in [-0.2, 0) is 0 Å². The van der Waals surface area contributed by atoms with Crippen molar-refractivity contribution in [2.24, 2.45) is 0 Å². The van der Waals surface area contributed by atoms with Crippen molar-refractivity contribution >= 4 is 33.3 Å². The summed E-state index contributed by atoms with van der Waals surface area (Å²) in [5, 5.41) is 0. The van der Waals surface area contributed by atoms with Gasteiger partial charge < -0.3 is 4.57 Å². The first kappa shape index (κ1) is 14.3. The maximum atomic E-state index is 14.0. The zero-order chi connectivity index (χ0) is 14.2. The molecule has 1 aromatic carbocycles. The Morgan fingerprint density at radius 1 is 1.37 bits per heavy atom. The number of alkyl halides is 1. The van der Waals surface area contributed by atoms with E-state index in [1.807, 2.05) is 6.92 Å². The van der Waals surface area contributed by atoms with Crippen LogP contribution >= 0.6 is 27.5 Å². The number of aromatic nitrogens is 1. The van der Waals surface area contributed by atoms with Gasteiger partial charge in [0.15, 0.2) is 5.78 Å². The van der Waals surface area contributed by atoms with Crippen LogP contribution < -0.4 is 0 Å². The summed E-state index contributed by atoms with van der Waals surface area (Å²) < 4.78 is 16.5. The monoisotopic (exact) mass is 343 g/mol. The number of ketones is 1. The fourth-order valence-corrected chi connectivity index (χ4v) is 2.64. The summed E-state index contributed by atoms with van der Waals surface area (Å²) in [6, 6.07) is 6.45. The number of carbonyl (C=O) groups is 1. The van der Waals surface area contributed by atoms with Crippen molar-refractivity contribution in [2.75, 3.05) is 5.88 Å². The van der Waals surface area contributed by atoms with Gasteiger partial charge in [-0.3, -0.25) is 4.79 Å². The molecule has 100 valence electrons. The van der Waals surface area contributed by atoms with Crippen molar-refractivity contribution in [1.82, 2.24) is 4.57 Å². The Kier molecular flexibility index (Phi) is 4.11. The van der Waals surface area contributed by atoms with Crippen LogP contribution in [0.2, 0.25) is 0 Å². The van der Waals surface area contributed by atoms with Crippen LogP contribution in [0, 0.1) is 19.7 Å².